The fraction of sp³-hybridized carbons (Fsp3) is 0.250. The lowest BCUT2D eigenvalue weighted by molar-refractivity contribution is -0.137. The van der Waals surface area contributed by atoms with Gasteiger partial charge in [-0.25, -0.2) is 18.9 Å². The predicted molar refractivity (Wildman–Crippen MR) is 121 cm³/mol. The average molecular weight is 483 g/mol. The molecule has 4 aromatic rings. The maximum Gasteiger partial charge on any atom is 0.416 e. The molecule has 3 heterocycles. The van der Waals surface area contributed by atoms with Gasteiger partial charge in [-0.2, -0.15) is 13.2 Å². The van der Waals surface area contributed by atoms with Crippen LogP contribution in [0.4, 0.5) is 18.9 Å². The van der Waals surface area contributed by atoms with E-state index in [9.17, 15) is 22.8 Å². The largest absolute Gasteiger partial charge is 0.490 e. The maximum atomic E-state index is 13.2. The van der Waals surface area contributed by atoms with Gasteiger partial charge in [0.1, 0.15) is 24.7 Å². The Morgan fingerprint density at radius 1 is 1.09 bits per heavy atom. The Hall–Kier alpha value is -4.15. The van der Waals surface area contributed by atoms with Crippen molar-refractivity contribution < 1.29 is 22.7 Å². The Morgan fingerprint density at radius 2 is 1.83 bits per heavy atom. The number of rotatable bonds is 3. The zero-order valence-electron chi connectivity index (χ0n) is 18.8. The molecular weight excluding hydrogens is 463 g/mol. The van der Waals surface area contributed by atoms with Crippen molar-refractivity contribution in [3.05, 3.63) is 75.8 Å². The van der Waals surface area contributed by atoms with Crippen LogP contribution in [0.1, 0.15) is 16.8 Å². The van der Waals surface area contributed by atoms with Crippen LogP contribution in [-0.4, -0.2) is 38.2 Å². The van der Waals surface area contributed by atoms with Crippen molar-refractivity contribution in [3.8, 4) is 17.1 Å². The lowest BCUT2D eigenvalue weighted by atomic mass is 10.1. The number of hydrogen-bond acceptors (Lipinski definition) is 5. The number of nitrogens with zero attached hydrogens (tertiary/aromatic N) is 5. The minimum Gasteiger partial charge on any atom is -0.490 e. The number of aryl methyl sites for hydroxylation is 2. The summed E-state index contributed by atoms with van der Waals surface area (Å²) in [6, 6.07) is 11.5. The second-order valence-electron chi connectivity index (χ2n) is 8.30. The first-order valence-corrected chi connectivity index (χ1v) is 10.8. The Balaban J connectivity index is 1.52. The Labute approximate surface area is 197 Å². The standard InChI is InChI=1S/C24H20F3N5O3/c1-14-3-8-19-18(11-14)30(9-10-35-19)21(33)13-31-23(34)32-20(29-31)12-15(2)28-22(32)16-4-6-17(7-5-16)24(25,26)27/h3-8,11-12H,9-10,13H2,1-2H3. The number of hydrogen-bond donors (Lipinski definition) is 0. The van der Waals surface area contributed by atoms with E-state index in [0.29, 0.717) is 35.8 Å². The third-order valence-corrected chi connectivity index (χ3v) is 5.73. The summed E-state index contributed by atoms with van der Waals surface area (Å²) in [7, 11) is 0. The van der Waals surface area contributed by atoms with E-state index in [0.717, 1.165) is 22.4 Å². The zero-order valence-corrected chi connectivity index (χ0v) is 18.8. The number of carbonyl (C=O) groups is 1. The summed E-state index contributed by atoms with van der Waals surface area (Å²) in [5, 5.41) is 4.29. The van der Waals surface area contributed by atoms with E-state index in [1.54, 1.807) is 24.0 Å². The van der Waals surface area contributed by atoms with Crippen molar-refractivity contribution in [3.63, 3.8) is 0 Å². The van der Waals surface area contributed by atoms with E-state index in [-0.39, 0.29) is 23.9 Å². The monoisotopic (exact) mass is 483 g/mol. The van der Waals surface area contributed by atoms with E-state index in [4.69, 9.17) is 4.74 Å². The summed E-state index contributed by atoms with van der Waals surface area (Å²) in [5.74, 6) is 0.387. The first kappa shape index (κ1) is 22.6. The predicted octanol–water partition coefficient (Wildman–Crippen LogP) is 3.62. The van der Waals surface area contributed by atoms with Crippen molar-refractivity contribution in [1.29, 1.82) is 0 Å². The molecule has 1 aliphatic heterocycles. The molecule has 0 bridgehead atoms. The van der Waals surface area contributed by atoms with Crippen molar-refractivity contribution in [1.82, 2.24) is 19.2 Å². The van der Waals surface area contributed by atoms with Crippen LogP contribution in [0, 0.1) is 13.8 Å². The molecule has 0 N–H and O–H groups in total. The molecule has 5 rings (SSSR count). The summed E-state index contributed by atoms with van der Waals surface area (Å²) in [6.07, 6.45) is -4.48. The zero-order chi connectivity index (χ0) is 24.9. The van der Waals surface area contributed by atoms with E-state index < -0.39 is 17.4 Å². The van der Waals surface area contributed by atoms with Gasteiger partial charge in [-0.15, -0.1) is 5.10 Å². The molecule has 0 radical (unpaired) electrons. The third-order valence-electron chi connectivity index (χ3n) is 5.73. The molecule has 0 saturated heterocycles. The van der Waals surface area contributed by atoms with Crippen LogP contribution >= 0.6 is 0 Å². The Kier molecular flexibility index (Phi) is 5.34. The second-order valence-corrected chi connectivity index (χ2v) is 8.30. The molecule has 0 aliphatic carbocycles. The van der Waals surface area contributed by atoms with Gasteiger partial charge in [0.15, 0.2) is 5.65 Å². The summed E-state index contributed by atoms with van der Waals surface area (Å²) in [5.41, 5.74) is 1.24. The van der Waals surface area contributed by atoms with Gasteiger partial charge in [-0.05, 0) is 43.7 Å². The molecule has 11 heteroatoms. The third kappa shape index (κ3) is 4.13. The number of ether oxygens (including phenoxy) is 1. The van der Waals surface area contributed by atoms with Crippen LogP contribution in [-0.2, 0) is 17.5 Å². The topological polar surface area (TPSA) is 81.7 Å². The van der Waals surface area contributed by atoms with Crippen LogP contribution in [0.15, 0.2) is 53.3 Å². The molecule has 2 aromatic carbocycles. The van der Waals surface area contributed by atoms with Gasteiger partial charge in [0, 0.05) is 17.3 Å². The van der Waals surface area contributed by atoms with Gasteiger partial charge in [0.05, 0.1) is 17.8 Å². The van der Waals surface area contributed by atoms with Crippen molar-refractivity contribution >= 4 is 17.2 Å². The molecule has 0 saturated carbocycles. The first-order valence-electron chi connectivity index (χ1n) is 10.8. The van der Waals surface area contributed by atoms with Crippen LogP contribution in [0.5, 0.6) is 5.75 Å². The molecule has 0 fully saturated rings. The fourth-order valence-electron chi connectivity index (χ4n) is 4.06. The van der Waals surface area contributed by atoms with Crippen molar-refractivity contribution in [2.75, 3.05) is 18.1 Å². The first-order chi connectivity index (χ1) is 16.6. The number of benzene rings is 2. The van der Waals surface area contributed by atoms with Gasteiger partial charge in [0.2, 0.25) is 5.91 Å². The van der Waals surface area contributed by atoms with Crippen molar-refractivity contribution in [2.45, 2.75) is 26.6 Å². The Morgan fingerprint density at radius 3 is 2.54 bits per heavy atom. The van der Waals surface area contributed by atoms with Crippen LogP contribution < -0.4 is 15.3 Å². The summed E-state index contributed by atoms with van der Waals surface area (Å²) in [6.45, 7) is 3.93. The lowest BCUT2D eigenvalue weighted by Crippen LogP contribution is -2.41. The minimum absolute atomic E-state index is 0.143. The van der Waals surface area contributed by atoms with E-state index >= 15 is 0 Å². The highest BCUT2D eigenvalue weighted by atomic mass is 19.4. The minimum atomic E-state index is -4.48. The molecule has 8 nitrogen and oxygen atoms in total. The normalized spacial score (nSPS) is 13.6. The molecule has 180 valence electrons. The van der Waals surface area contributed by atoms with E-state index in [1.165, 1.54) is 16.5 Å². The molecular formula is C24H20F3N5O3. The highest BCUT2D eigenvalue weighted by Gasteiger charge is 2.30. The van der Waals surface area contributed by atoms with E-state index in [2.05, 4.69) is 10.1 Å². The number of amides is 1. The van der Waals surface area contributed by atoms with Gasteiger partial charge >= 0.3 is 11.9 Å². The SMILES string of the molecule is Cc1ccc2c(c1)N(C(=O)Cn1nc3cc(C)nc(-c4ccc(C(F)(F)F)cc4)n3c1=O)CCO2. The smallest absolute Gasteiger partial charge is 0.416 e. The summed E-state index contributed by atoms with van der Waals surface area (Å²) >= 11 is 0. The number of anilines is 1. The Bertz CT molecular complexity index is 1510. The van der Waals surface area contributed by atoms with Crippen LogP contribution in [0.25, 0.3) is 17.0 Å². The van der Waals surface area contributed by atoms with Gasteiger partial charge in [0.25, 0.3) is 0 Å². The number of fused-ring (bicyclic) bond motifs is 2. The number of alkyl halides is 3. The highest BCUT2D eigenvalue weighted by Crippen LogP contribution is 2.33. The maximum absolute atomic E-state index is 13.2. The van der Waals surface area contributed by atoms with Crippen molar-refractivity contribution in [2.24, 2.45) is 0 Å². The number of aromatic nitrogens is 4. The fourth-order valence-corrected chi connectivity index (χ4v) is 4.06. The molecule has 2 aromatic heterocycles. The average Bonchev–Trinajstić information content (AvgIpc) is 3.12. The lowest BCUT2D eigenvalue weighted by Gasteiger charge is -2.29. The van der Waals surface area contributed by atoms with Crippen LogP contribution in [0.3, 0.4) is 0 Å². The number of halogens is 3. The van der Waals surface area contributed by atoms with E-state index in [1.807, 2.05) is 19.1 Å². The molecule has 1 aliphatic rings. The number of carbonyl (C=O) groups excluding carboxylic acids is 1. The van der Waals surface area contributed by atoms with Crippen LogP contribution in [0.2, 0.25) is 0 Å². The molecule has 0 spiro atoms. The summed E-state index contributed by atoms with van der Waals surface area (Å²) in [4.78, 5) is 32.3. The molecule has 0 atom stereocenters. The second kappa shape index (κ2) is 8.26. The molecule has 0 unspecified atom stereocenters. The van der Waals surface area contributed by atoms with Gasteiger partial charge in [-0.1, -0.05) is 18.2 Å². The molecule has 35 heavy (non-hydrogen) atoms. The van der Waals surface area contributed by atoms with Gasteiger partial charge < -0.3 is 9.64 Å². The quantitative estimate of drug-likeness (QED) is 0.445. The summed E-state index contributed by atoms with van der Waals surface area (Å²) < 4.78 is 46.8. The highest BCUT2D eigenvalue weighted by molar-refractivity contribution is 5.95. The molecule has 1 amide bonds. The van der Waals surface area contributed by atoms with Gasteiger partial charge in [-0.3, -0.25) is 4.79 Å².